The van der Waals surface area contributed by atoms with Gasteiger partial charge in [0.1, 0.15) is 0 Å². The maximum Gasteiger partial charge on any atom is 0.243 e. The monoisotopic (exact) mass is 1050 g/mol. The minimum Gasteiger partial charge on any atom is -0.285 e. The van der Waals surface area contributed by atoms with Gasteiger partial charge in [0.2, 0.25) is 29.5 Å². The summed E-state index contributed by atoms with van der Waals surface area (Å²) in [7, 11) is 0. The number of nitrogens with zero attached hydrogens (tertiary/aromatic N) is 5. The average Bonchev–Trinajstić information content (AvgIpc) is 4.24. The first kappa shape index (κ1) is 55.7. The molecule has 5 aliphatic rings. The molecule has 0 radical (unpaired) electrons. The Balaban J connectivity index is 0.000000139. The fourth-order valence-electron chi connectivity index (χ4n) is 9.17. The Bertz CT molecular complexity index is 2820. The van der Waals surface area contributed by atoms with Crippen molar-refractivity contribution >= 4 is 69.6 Å². The predicted molar refractivity (Wildman–Crippen MR) is 303 cm³/mol. The normalized spacial score (nSPS) is 22.4. The number of hydrogen-bond donors (Lipinski definition) is 5. The van der Waals surface area contributed by atoms with Crippen molar-refractivity contribution in [1.82, 2.24) is 27.1 Å². The Morgan fingerprint density at radius 1 is 0.421 bits per heavy atom. The molecule has 0 aliphatic carbocycles. The zero-order valence-electron chi connectivity index (χ0n) is 44.3. The molecule has 0 bridgehead atoms. The van der Waals surface area contributed by atoms with Gasteiger partial charge in [-0.2, -0.15) is 0 Å². The summed E-state index contributed by atoms with van der Waals surface area (Å²) in [6.07, 6.45) is 0.954. The molecule has 0 saturated carbocycles. The van der Waals surface area contributed by atoms with Crippen molar-refractivity contribution in [2.75, 3.05) is 44.7 Å². The lowest BCUT2D eigenvalue weighted by molar-refractivity contribution is -0.123. The number of hydrogen-bond acceptors (Lipinski definition) is 10. The molecule has 7 unspecified atom stereocenters. The van der Waals surface area contributed by atoms with Gasteiger partial charge in [0.15, 0.2) is 0 Å². The van der Waals surface area contributed by atoms with Crippen LogP contribution in [0.2, 0.25) is 5.02 Å². The van der Waals surface area contributed by atoms with Gasteiger partial charge in [-0.05, 0) is 97.6 Å². The molecular formula is C60H71ClN10O5. The number of hydrazine groups is 5. The smallest absolute Gasteiger partial charge is 0.243 e. The zero-order chi connectivity index (χ0) is 54.3. The first-order chi connectivity index (χ1) is 36.6. The van der Waals surface area contributed by atoms with Crippen molar-refractivity contribution in [3.8, 4) is 0 Å². The van der Waals surface area contributed by atoms with E-state index in [1.165, 1.54) is 0 Å². The summed E-state index contributed by atoms with van der Waals surface area (Å²) in [6, 6.07) is 57.5. The summed E-state index contributed by atoms with van der Waals surface area (Å²) in [6.45, 7) is 16.3. The lowest BCUT2D eigenvalue weighted by atomic mass is 9.95. The fraction of sp³-hybridized carbons (Fsp3) is 0.317. The zero-order valence-corrected chi connectivity index (χ0v) is 45.1. The third kappa shape index (κ3) is 14.6. The Morgan fingerprint density at radius 2 is 0.789 bits per heavy atom. The van der Waals surface area contributed by atoms with Crippen LogP contribution >= 0.6 is 11.6 Å². The van der Waals surface area contributed by atoms with E-state index >= 15 is 0 Å². The lowest BCUT2D eigenvalue weighted by Gasteiger charge is -2.27. The molecule has 15 nitrogen and oxygen atoms in total. The Hall–Kier alpha value is -8.04. The van der Waals surface area contributed by atoms with Gasteiger partial charge in [0, 0.05) is 5.02 Å². The Kier molecular flexibility index (Phi) is 19.4. The van der Waals surface area contributed by atoms with Gasteiger partial charge in [0.05, 0.1) is 89.7 Å². The van der Waals surface area contributed by atoms with Crippen LogP contribution < -0.4 is 52.2 Å². The summed E-state index contributed by atoms with van der Waals surface area (Å²) in [5.41, 5.74) is 20.6. The Labute approximate surface area is 452 Å². The summed E-state index contributed by atoms with van der Waals surface area (Å²) in [4.78, 5) is 57.6. The van der Waals surface area contributed by atoms with Crippen LogP contribution in [0.15, 0.2) is 176 Å². The molecule has 76 heavy (non-hydrogen) atoms. The number of rotatable bonds is 8. The standard InChI is InChI=1S/C16H16N2O.C13H18N2O.C11H14N2O.C10H11ClN2O.C10H12N2O/c1-12-15(13-8-4-2-5-9-13)18(17-16(12)19)14-10-6-3-7-11-14;1-10(2)8-11-9-15(14-13(11)16)12-6-4-3-5-7-12;1-8-9(2)13(12-11(8)14)10-6-4-3-5-7-10;1-7-6-13(12-10(7)14)9-4-2-8(11)3-5-9;1-8-7-12(11-10(8)13)9-5-3-2-4-6-9/h2-12,15H,1H3,(H,17,19);3-7,10-11H,8-9H2,1-2H3,(H,14,16);3-9H,1-2H3,(H,12,14);2-5,7H,6H2,1H3,(H,12,14);2-6,8H,7H2,1H3,(H,11,13). The minimum atomic E-state index is -0.0670. The predicted octanol–water partition coefficient (Wildman–Crippen LogP) is 9.68. The summed E-state index contributed by atoms with van der Waals surface area (Å²) in [5.74, 6) is 1.29. The number of carbonyl (C=O) groups is 5. The first-order valence-electron chi connectivity index (χ1n) is 26.0. The van der Waals surface area contributed by atoms with Crippen molar-refractivity contribution in [3.05, 3.63) is 187 Å². The molecule has 6 aromatic rings. The highest BCUT2D eigenvalue weighted by atomic mass is 35.5. The van der Waals surface area contributed by atoms with E-state index < -0.39 is 0 Å². The molecule has 11 rings (SSSR count). The quantitative estimate of drug-likeness (QED) is 0.0993. The fourth-order valence-corrected chi connectivity index (χ4v) is 9.30. The van der Waals surface area contributed by atoms with Crippen molar-refractivity contribution in [1.29, 1.82) is 0 Å². The molecule has 5 aliphatic heterocycles. The maximum atomic E-state index is 12.0. The molecule has 0 spiro atoms. The third-order valence-electron chi connectivity index (χ3n) is 13.7. The third-order valence-corrected chi connectivity index (χ3v) is 14.0. The van der Waals surface area contributed by atoms with E-state index in [9.17, 15) is 24.0 Å². The minimum absolute atomic E-state index is 0.0381. The van der Waals surface area contributed by atoms with Gasteiger partial charge in [-0.15, -0.1) is 0 Å². The lowest BCUT2D eigenvalue weighted by Crippen LogP contribution is -2.37. The highest BCUT2D eigenvalue weighted by Gasteiger charge is 2.39. The van der Waals surface area contributed by atoms with Crippen LogP contribution in [0.5, 0.6) is 0 Å². The van der Waals surface area contributed by atoms with Gasteiger partial charge in [-0.3, -0.25) is 76.1 Å². The summed E-state index contributed by atoms with van der Waals surface area (Å²) in [5, 5.41) is 10.2. The Morgan fingerprint density at radius 3 is 1.20 bits per heavy atom. The molecule has 5 fully saturated rings. The van der Waals surface area contributed by atoms with Crippen LogP contribution in [0.3, 0.4) is 0 Å². The van der Waals surface area contributed by atoms with Crippen molar-refractivity contribution in [2.45, 2.75) is 67.0 Å². The van der Waals surface area contributed by atoms with Crippen LogP contribution in [-0.2, 0) is 24.0 Å². The maximum absolute atomic E-state index is 12.0. The second-order valence-corrected chi connectivity index (χ2v) is 20.5. The molecule has 0 aromatic heterocycles. The van der Waals surface area contributed by atoms with E-state index in [0.29, 0.717) is 17.5 Å². The molecule has 7 atom stereocenters. The van der Waals surface area contributed by atoms with Crippen molar-refractivity contribution in [2.24, 2.45) is 35.5 Å². The van der Waals surface area contributed by atoms with E-state index in [-0.39, 0.29) is 71.2 Å². The second-order valence-electron chi connectivity index (χ2n) is 20.1. The first-order valence-corrected chi connectivity index (χ1v) is 26.4. The van der Waals surface area contributed by atoms with E-state index in [4.69, 9.17) is 11.6 Å². The van der Waals surface area contributed by atoms with Gasteiger partial charge < -0.3 is 0 Å². The second kappa shape index (κ2) is 26.4. The van der Waals surface area contributed by atoms with E-state index in [1.54, 1.807) is 0 Å². The van der Waals surface area contributed by atoms with Gasteiger partial charge in [0.25, 0.3) is 0 Å². The van der Waals surface area contributed by atoms with Gasteiger partial charge >= 0.3 is 0 Å². The number of anilines is 5. The number of halogens is 1. The molecule has 5 amide bonds. The van der Waals surface area contributed by atoms with Crippen LogP contribution in [-0.4, -0.2) is 55.2 Å². The van der Waals surface area contributed by atoms with Crippen molar-refractivity contribution in [3.63, 3.8) is 0 Å². The molecule has 398 valence electrons. The molecular weight excluding hydrogens is 976 g/mol. The van der Waals surface area contributed by atoms with Gasteiger partial charge in [-0.1, -0.05) is 156 Å². The van der Waals surface area contributed by atoms with E-state index in [0.717, 1.165) is 53.5 Å². The number of para-hydroxylation sites is 4. The number of carbonyl (C=O) groups excluding carboxylic acids is 5. The number of benzene rings is 6. The largest absolute Gasteiger partial charge is 0.285 e. The summed E-state index contributed by atoms with van der Waals surface area (Å²) < 4.78 is 0. The van der Waals surface area contributed by atoms with Crippen molar-refractivity contribution < 1.29 is 24.0 Å². The molecule has 5 saturated heterocycles. The number of nitrogens with one attached hydrogen (secondary N) is 5. The molecule has 5 heterocycles. The summed E-state index contributed by atoms with van der Waals surface area (Å²) >= 11 is 5.77. The van der Waals surface area contributed by atoms with Gasteiger partial charge in [-0.25, -0.2) is 0 Å². The van der Waals surface area contributed by atoms with Crippen LogP contribution in [0.1, 0.15) is 66.5 Å². The molecule has 16 heteroatoms. The molecule has 6 aromatic carbocycles. The van der Waals surface area contributed by atoms with Crippen LogP contribution in [0.25, 0.3) is 0 Å². The SMILES string of the molecule is CC(C)CC1CN(c2ccccc2)NC1=O.CC1C(=O)NN(c2ccccc2)C1C.CC1C(=O)NN(c2ccccc2)C1c1ccccc1.CC1CN(c2ccc(Cl)cc2)NC1=O.CC1CN(c2ccccc2)NC1=O. The molecule has 5 N–H and O–H groups in total. The average molecular weight is 1050 g/mol. The highest BCUT2D eigenvalue weighted by molar-refractivity contribution is 6.30. The van der Waals surface area contributed by atoms with E-state index in [1.807, 2.05) is 217 Å². The van der Waals surface area contributed by atoms with E-state index in [2.05, 4.69) is 60.0 Å². The topological polar surface area (TPSA) is 162 Å². The number of amides is 5. The van der Waals surface area contributed by atoms with Crippen LogP contribution in [0, 0.1) is 35.5 Å². The highest BCUT2D eigenvalue weighted by Crippen LogP contribution is 2.36. The van der Waals surface area contributed by atoms with Crippen LogP contribution in [0.4, 0.5) is 28.4 Å².